The fourth-order valence-corrected chi connectivity index (χ4v) is 5.51. The molecule has 3 aliphatic rings. The summed E-state index contributed by atoms with van der Waals surface area (Å²) in [5.74, 6) is -0.0570. The molecule has 2 bridgehead atoms. The van der Waals surface area contributed by atoms with Gasteiger partial charge in [0.1, 0.15) is 11.8 Å². The monoisotopic (exact) mass is 477 g/mol. The van der Waals surface area contributed by atoms with Crippen LogP contribution in [0.15, 0.2) is 9.53 Å². The normalized spacial score (nSPS) is 31.9. The number of halogens is 1. The van der Waals surface area contributed by atoms with Crippen LogP contribution in [0.3, 0.4) is 0 Å². The lowest BCUT2D eigenvalue weighted by Gasteiger charge is -2.54. The predicted molar refractivity (Wildman–Crippen MR) is 103 cm³/mol. The number of hydrogen-bond acceptors (Lipinski definition) is 8. The van der Waals surface area contributed by atoms with E-state index in [1.165, 1.54) is 0 Å². The number of nitrogens with zero attached hydrogens (tertiary/aromatic N) is 3. The number of rotatable bonds is 5. The van der Waals surface area contributed by atoms with E-state index < -0.39 is 31.1 Å². The van der Waals surface area contributed by atoms with Crippen molar-refractivity contribution in [3.63, 3.8) is 0 Å². The van der Waals surface area contributed by atoms with Gasteiger partial charge in [-0.2, -0.15) is 4.98 Å². The second-order valence-corrected chi connectivity index (χ2v) is 9.84. The van der Waals surface area contributed by atoms with Gasteiger partial charge >= 0.3 is 7.60 Å². The van der Waals surface area contributed by atoms with E-state index in [1.54, 1.807) is 11.7 Å². The van der Waals surface area contributed by atoms with Gasteiger partial charge in [0.05, 0.1) is 12.7 Å². The van der Waals surface area contributed by atoms with Crippen LogP contribution in [0.1, 0.15) is 25.5 Å². The summed E-state index contributed by atoms with van der Waals surface area (Å²) >= 11 is 3.39. The summed E-state index contributed by atoms with van der Waals surface area (Å²) in [4.78, 5) is 32.8. The molecule has 13 heteroatoms. The maximum atomic E-state index is 12.2. The van der Waals surface area contributed by atoms with Crippen LogP contribution in [-0.4, -0.2) is 56.5 Å². The van der Waals surface area contributed by atoms with Crippen molar-refractivity contribution >= 4 is 40.6 Å². The van der Waals surface area contributed by atoms with Gasteiger partial charge in [0.25, 0.3) is 5.56 Å². The molecule has 5 atom stereocenters. The number of nitrogens with two attached hydrogens (primary N) is 1. The fourth-order valence-electron chi connectivity index (χ4n) is 4.21. The number of nitrogens with one attached hydrogen (secondary N) is 1. The smallest absolute Gasteiger partial charge is 0.325 e. The number of anilines is 1. The Labute approximate surface area is 168 Å². The number of H-pyrrole nitrogens is 1. The summed E-state index contributed by atoms with van der Waals surface area (Å²) in [6.45, 7) is 1.35. The maximum absolute atomic E-state index is 12.2. The lowest BCUT2D eigenvalue weighted by molar-refractivity contribution is -0.277. The van der Waals surface area contributed by atoms with Crippen molar-refractivity contribution in [2.24, 2.45) is 5.92 Å². The summed E-state index contributed by atoms with van der Waals surface area (Å²) in [5, 5.41) is 0. The van der Waals surface area contributed by atoms with Gasteiger partial charge < -0.3 is 24.6 Å². The van der Waals surface area contributed by atoms with Crippen LogP contribution in [0, 0.1) is 5.92 Å². The minimum absolute atomic E-state index is 0.0212. The molecule has 11 nitrogen and oxygen atoms in total. The highest BCUT2D eigenvalue weighted by atomic mass is 79.9. The SMILES string of the molecule is COC[C@@]12CC[C@H](CC1OP(C)(=O)O)C(n1c(Br)nc3c(=O)[nH]c(N)nc31)O2. The Balaban J connectivity index is 1.78. The van der Waals surface area contributed by atoms with Crippen molar-refractivity contribution in [3.05, 3.63) is 15.1 Å². The van der Waals surface area contributed by atoms with Gasteiger partial charge in [-0.3, -0.25) is 18.9 Å². The topological polar surface area (TPSA) is 155 Å². The third-order valence-electron chi connectivity index (χ3n) is 5.29. The largest absolute Gasteiger partial charge is 0.382 e. The molecule has 0 radical (unpaired) electrons. The molecule has 28 heavy (non-hydrogen) atoms. The Hall–Kier alpha value is -1.30. The average molecular weight is 478 g/mol. The number of nitrogen functional groups attached to an aromatic ring is 1. The van der Waals surface area contributed by atoms with E-state index in [0.717, 1.165) is 13.1 Å². The van der Waals surface area contributed by atoms with E-state index in [4.69, 9.17) is 19.7 Å². The summed E-state index contributed by atoms with van der Waals surface area (Å²) < 4.78 is 31.2. The first-order valence-corrected chi connectivity index (χ1v) is 11.5. The highest BCUT2D eigenvalue weighted by molar-refractivity contribution is 9.10. The molecular formula is C15H21BrN5O6P. The molecule has 2 aromatic heterocycles. The van der Waals surface area contributed by atoms with Crippen LogP contribution in [-0.2, 0) is 18.6 Å². The molecule has 0 aromatic carbocycles. The molecule has 0 amide bonds. The molecule has 2 aliphatic heterocycles. The Morgan fingerprint density at radius 1 is 1.54 bits per heavy atom. The van der Waals surface area contributed by atoms with E-state index in [9.17, 15) is 14.3 Å². The number of hydrogen-bond donors (Lipinski definition) is 3. The molecule has 4 heterocycles. The summed E-state index contributed by atoms with van der Waals surface area (Å²) in [7, 11) is -2.17. The summed E-state index contributed by atoms with van der Waals surface area (Å²) in [6.07, 6.45) is 0.813. The summed E-state index contributed by atoms with van der Waals surface area (Å²) in [6, 6.07) is 0. The molecule has 4 N–H and O–H groups in total. The average Bonchev–Trinajstić information content (AvgIpc) is 2.91. The van der Waals surface area contributed by atoms with Crippen LogP contribution in [0.5, 0.6) is 0 Å². The number of aromatic amines is 1. The molecule has 2 saturated heterocycles. The Kier molecular flexibility index (Phi) is 4.92. The molecule has 3 fully saturated rings. The molecule has 3 unspecified atom stereocenters. The van der Waals surface area contributed by atoms with E-state index in [1.807, 2.05) is 0 Å². The minimum Gasteiger partial charge on any atom is -0.382 e. The maximum Gasteiger partial charge on any atom is 0.325 e. The number of aromatic nitrogens is 4. The number of imidazole rings is 1. The van der Waals surface area contributed by atoms with Gasteiger partial charge in [0, 0.05) is 19.7 Å². The molecule has 0 spiro atoms. The second kappa shape index (κ2) is 6.89. The van der Waals surface area contributed by atoms with Gasteiger partial charge in [0.2, 0.25) is 5.95 Å². The Morgan fingerprint density at radius 2 is 2.29 bits per heavy atom. The number of fused-ring (bicyclic) bond motifs is 4. The standard InChI is InChI=1S/C15H21BrN5O6P/c1-25-6-15-4-3-7(5-8(15)27-28(2,23)24)12(26-15)21-10-9(18-13(21)16)11(22)20-14(17)19-10/h7-8,12H,3-6H2,1-2H3,(H,23,24)(H3,17,19,20,22)/t7-,8?,12?,15+/m1/s1. The molecule has 1 aliphatic carbocycles. The van der Waals surface area contributed by atoms with Crippen molar-refractivity contribution in [3.8, 4) is 0 Å². The van der Waals surface area contributed by atoms with Crippen molar-refractivity contribution < 1.29 is 23.5 Å². The van der Waals surface area contributed by atoms with Crippen molar-refractivity contribution in [2.45, 2.75) is 37.2 Å². The molecule has 5 rings (SSSR count). The Bertz CT molecular complexity index is 1020. The lowest BCUT2D eigenvalue weighted by Crippen LogP contribution is -2.60. The molecule has 154 valence electrons. The quantitative estimate of drug-likeness (QED) is 0.427. The first kappa shape index (κ1) is 20.0. The minimum atomic E-state index is -3.71. The highest BCUT2D eigenvalue weighted by Gasteiger charge is 2.56. The van der Waals surface area contributed by atoms with Gasteiger partial charge in [-0.25, -0.2) is 4.98 Å². The van der Waals surface area contributed by atoms with E-state index in [0.29, 0.717) is 23.2 Å². The third kappa shape index (κ3) is 3.31. The first-order valence-electron chi connectivity index (χ1n) is 8.72. The van der Waals surface area contributed by atoms with Crippen LogP contribution < -0.4 is 11.3 Å². The van der Waals surface area contributed by atoms with E-state index in [2.05, 4.69) is 30.9 Å². The zero-order valence-electron chi connectivity index (χ0n) is 15.3. The van der Waals surface area contributed by atoms with Gasteiger partial charge in [-0.15, -0.1) is 0 Å². The number of methoxy groups -OCH3 is 1. The fraction of sp³-hybridized carbons (Fsp3) is 0.667. The van der Waals surface area contributed by atoms with Crippen LogP contribution in [0.25, 0.3) is 11.2 Å². The predicted octanol–water partition coefficient (Wildman–Crippen LogP) is 1.38. The number of ether oxygens (including phenoxy) is 2. The first-order chi connectivity index (χ1) is 13.1. The molecule has 1 saturated carbocycles. The zero-order chi connectivity index (χ0) is 20.3. The molecule has 2 aromatic rings. The highest BCUT2D eigenvalue weighted by Crippen LogP contribution is 2.55. The van der Waals surface area contributed by atoms with E-state index >= 15 is 0 Å². The summed E-state index contributed by atoms with van der Waals surface area (Å²) in [5.41, 5.74) is 4.82. The van der Waals surface area contributed by atoms with Crippen LogP contribution >= 0.6 is 23.5 Å². The Morgan fingerprint density at radius 3 is 2.96 bits per heavy atom. The van der Waals surface area contributed by atoms with Crippen molar-refractivity contribution in [1.82, 2.24) is 19.5 Å². The van der Waals surface area contributed by atoms with Crippen LogP contribution in [0.4, 0.5) is 5.95 Å². The van der Waals surface area contributed by atoms with Gasteiger partial charge in [0.15, 0.2) is 15.9 Å². The zero-order valence-corrected chi connectivity index (χ0v) is 17.8. The van der Waals surface area contributed by atoms with Gasteiger partial charge in [-0.1, -0.05) is 0 Å². The van der Waals surface area contributed by atoms with Crippen molar-refractivity contribution in [2.75, 3.05) is 26.1 Å². The molecular weight excluding hydrogens is 457 g/mol. The van der Waals surface area contributed by atoms with E-state index in [-0.39, 0.29) is 24.0 Å². The van der Waals surface area contributed by atoms with Crippen LogP contribution in [0.2, 0.25) is 0 Å². The lowest BCUT2D eigenvalue weighted by atomic mass is 9.72. The third-order valence-corrected chi connectivity index (χ3v) is 6.50. The van der Waals surface area contributed by atoms with Gasteiger partial charge in [-0.05, 0) is 35.2 Å². The van der Waals surface area contributed by atoms with Crippen molar-refractivity contribution in [1.29, 1.82) is 0 Å². The second-order valence-electron chi connectivity index (χ2n) is 7.31.